The quantitative estimate of drug-likeness (QED) is 0.324. The number of allylic oxidation sites excluding steroid dienone is 2. The molecule has 0 bridgehead atoms. The number of thiophene rings is 1. The van der Waals surface area contributed by atoms with E-state index in [1.165, 1.54) is 4.88 Å². The van der Waals surface area contributed by atoms with Crippen molar-refractivity contribution >= 4 is 23.1 Å². The highest BCUT2D eigenvalue weighted by Crippen LogP contribution is 2.48. The van der Waals surface area contributed by atoms with Crippen molar-refractivity contribution < 1.29 is 24.9 Å². The molecule has 2 aliphatic rings. The molecule has 6 heteroatoms. The Bertz CT molecular complexity index is 778. The van der Waals surface area contributed by atoms with Crippen LogP contribution in [0, 0.1) is 17.3 Å². The molecule has 0 spiro atoms. The zero-order valence-electron chi connectivity index (χ0n) is 18.0. The molecule has 0 aromatic carbocycles. The summed E-state index contributed by atoms with van der Waals surface area (Å²) in [6.07, 6.45) is 13.5. The average molecular weight is 447 g/mol. The van der Waals surface area contributed by atoms with E-state index in [1.807, 2.05) is 24.3 Å². The van der Waals surface area contributed by atoms with E-state index < -0.39 is 18.2 Å². The number of rotatable bonds is 12. The Morgan fingerprint density at radius 1 is 1.29 bits per heavy atom. The predicted octanol–water partition coefficient (Wildman–Crippen LogP) is 4.54. The molecule has 0 amide bonds. The first-order valence-electron chi connectivity index (χ1n) is 11.4. The van der Waals surface area contributed by atoms with Gasteiger partial charge in [-0.3, -0.25) is 9.59 Å². The smallest absolute Gasteiger partial charge is 0.303 e. The number of aliphatic hydroxyl groups excluding tert-OH is 2. The van der Waals surface area contributed by atoms with Gasteiger partial charge in [0.2, 0.25) is 0 Å². The lowest BCUT2D eigenvalue weighted by Gasteiger charge is -2.45. The first kappa shape index (κ1) is 23.9. The maximum Gasteiger partial charge on any atom is 0.303 e. The van der Waals surface area contributed by atoms with E-state index in [-0.39, 0.29) is 35.9 Å². The fourth-order valence-corrected chi connectivity index (χ4v) is 5.75. The van der Waals surface area contributed by atoms with E-state index in [1.54, 1.807) is 11.3 Å². The summed E-state index contributed by atoms with van der Waals surface area (Å²) in [6.45, 7) is 0. The topological polar surface area (TPSA) is 94.8 Å². The molecule has 3 N–H and O–H groups in total. The normalized spacial score (nSPS) is 26.5. The van der Waals surface area contributed by atoms with Gasteiger partial charge in [0, 0.05) is 35.0 Å². The molecule has 1 aromatic rings. The Labute approximate surface area is 188 Å². The van der Waals surface area contributed by atoms with Gasteiger partial charge in [-0.1, -0.05) is 36.8 Å². The average Bonchev–Trinajstić information content (AvgIpc) is 3.29. The van der Waals surface area contributed by atoms with Crippen LogP contribution >= 0.6 is 11.3 Å². The lowest BCUT2D eigenvalue weighted by Crippen LogP contribution is -2.42. The lowest BCUT2D eigenvalue weighted by atomic mass is 9.62. The van der Waals surface area contributed by atoms with Gasteiger partial charge in [-0.2, -0.15) is 0 Å². The van der Waals surface area contributed by atoms with Crippen molar-refractivity contribution in [1.29, 1.82) is 0 Å². The van der Waals surface area contributed by atoms with Crippen molar-refractivity contribution in [2.24, 2.45) is 17.3 Å². The monoisotopic (exact) mass is 446 g/mol. The maximum atomic E-state index is 12.3. The van der Waals surface area contributed by atoms with Crippen LogP contribution in [0.3, 0.4) is 0 Å². The number of aliphatic carboxylic acids is 1. The molecular formula is C25H34O5S. The number of carboxylic acid groups (broad SMARTS) is 1. The van der Waals surface area contributed by atoms with Gasteiger partial charge < -0.3 is 15.3 Å². The van der Waals surface area contributed by atoms with Gasteiger partial charge in [0.1, 0.15) is 5.78 Å². The Balaban J connectivity index is 1.52. The zero-order valence-corrected chi connectivity index (χ0v) is 18.8. The molecular weight excluding hydrogens is 412 g/mol. The molecule has 2 fully saturated rings. The van der Waals surface area contributed by atoms with Crippen LogP contribution in [-0.2, 0) is 16.0 Å². The summed E-state index contributed by atoms with van der Waals surface area (Å²) in [7, 11) is 0. The van der Waals surface area contributed by atoms with Gasteiger partial charge in [-0.05, 0) is 56.4 Å². The number of ketones is 1. The second kappa shape index (κ2) is 11.2. The van der Waals surface area contributed by atoms with Crippen LogP contribution in [-0.4, -0.2) is 39.3 Å². The molecule has 31 heavy (non-hydrogen) atoms. The van der Waals surface area contributed by atoms with E-state index in [2.05, 4.69) is 17.5 Å². The first-order valence-corrected chi connectivity index (χ1v) is 12.2. The summed E-state index contributed by atoms with van der Waals surface area (Å²) >= 11 is 1.74. The largest absolute Gasteiger partial charge is 0.481 e. The third-order valence-corrected chi connectivity index (χ3v) is 7.81. The van der Waals surface area contributed by atoms with Gasteiger partial charge in [0.15, 0.2) is 0 Å². The van der Waals surface area contributed by atoms with E-state index in [4.69, 9.17) is 5.11 Å². The van der Waals surface area contributed by atoms with Gasteiger partial charge >= 0.3 is 5.97 Å². The summed E-state index contributed by atoms with van der Waals surface area (Å²) in [5, 5.41) is 32.0. The van der Waals surface area contributed by atoms with Gasteiger partial charge in [0.05, 0.1) is 12.2 Å². The third kappa shape index (κ3) is 6.37. The third-order valence-electron chi connectivity index (χ3n) is 6.93. The Morgan fingerprint density at radius 2 is 2.10 bits per heavy atom. The molecule has 1 heterocycles. The molecule has 0 saturated heterocycles. The summed E-state index contributed by atoms with van der Waals surface area (Å²) < 4.78 is 0. The first-order chi connectivity index (χ1) is 14.9. The fraction of sp³-hybridized carbons (Fsp3) is 0.600. The standard InChI is InChI=1S/C25H34O5S/c26-21-16-22(27)20(19(21)9-3-1-2-4-12-24(29)30)10-5-11-23(28)25(13-7-14-25)17-18-8-6-15-31-18/h1,3,5-6,8,10,15,19-20,22-23,27-28H,2,4,7,9,11-14,16-17H2,(H,29,30)/t19-,20-,22-,23?/m1/s1. The molecule has 170 valence electrons. The summed E-state index contributed by atoms with van der Waals surface area (Å²) in [5.41, 5.74) is -0.0443. The van der Waals surface area contributed by atoms with Crippen LogP contribution < -0.4 is 0 Å². The molecule has 3 rings (SSSR count). The minimum atomic E-state index is -0.797. The minimum Gasteiger partial charge on any atom is -0.481 e. The molecule has 0 radical (unpaired) electrons. The highest BCUT2D eigenvalue weighted by atomic mass is 32.1. The zero-order chi connectivity index (χ0) is 22.3. The van der Waals surface area contributed by atoms with Gasteiger partial charge in [-0.25, -0.2) is 0 Å². The molecule has 5 nitrogen and oxygen atoms in total. The number of unbranched alkanes of at least 4 members (excludes halogenated alkanes) is 1. The van der Waals surface area contributed by atoms with E-state index >= 15 is 0 Å². The second-order valence-electron chi connectivity index (χ2n) is 9.07. The van der Waals surface area contributed by atoms with Crippen molar-refractivity contribution in [3.63, 3.8) is 0 Å². The van der Waals surface area contributed by atoms with Crippen LogP contribution in [0.25, 0.3) is 0 Å². The summed E-state index contributed by atoms with van der Waals surface area (Å²) in [5.74, 6) is -1.19. The van der Waals surface area contributed by atoms with Crippen LogP contribution in [0.4, 0.5) is 0 Å². The van der Waals surface area contributed by atoms with E-state index in [0.29, 0.717) is 25.7 Å². The van der Waals surface area contributed by atoms with Crippen molar-refractivity contribution in [1.82, 2.24) is 0 Å². The van der Waals surface area contributed by atoms with Crippen LogP contribution in [0.15, 0.2) is 41.8 Å². The number of hydrogen-bond donors (Lipinski definition) is 3. The fourth-order valence-electron chi connectivity index (χ4n) is 4.89. The van der Waals surface area contributed by atoms with Gasteiger partial charge in [0.25, 0.3) is 0 Å². The van der Waals surface area contributed by atoms with E-state index in [9.17, 15) is 19.8 Å². The Kier molecular flexibility index (Phi) is 8.64. The molecule has 1 unspecified atom stereocenters. The van der Waals surface area contributed by atoms with Crippen LogP contribution in [0.2, 0.25) is 0 Å². The maximum absolute atomic E-state index is 12.3. The lowest BCUT2D eigenvalue weighted by molar-refractivity contribution is -0.137. The van der Waals surface area contributed by atoms with Crippen molar-refractivity contribution in [3.05, 3.63) is 46.7 Å². The number of carbonyl (C=O) groups is 2. The highest BCUT2D eigenvalue weighted by molar-refractivity contribution is 7.09. The molecule has 4 atom stereocenters. The molecule has 2 aliphatic carbocycles. The van der Waals surface area contributed by atoms with Gasteiger partial charge in [-0.15, -0.1) is 11.3 Å². The number of carbonyl (C=O) groups excluding carboxylic acids is 1. The summed E-state index contributed by atoms with van der Waals surface area (Å²) in [4.78, 5) is 24.2. The number of carboxylic acids is 1. The number of Topliss-reactive ketones (excluding diaryl/α,β-unsaturated/α-hetero) is 1. The van der Waals surface area contributed by atoms with Crippen LogP contribution in [0.5, 0.6) is 0 Å². The molecule has 2 saturated carbocycles. The van der Waals surface area contributed by atoms with Crippen molar-refractivity contribution in [2.45, 2.75) is 76.4 Å². The Hall–Kier alpha value is -1.76. The summed E-state index contributed by atoms with van der Waals surface area (Å²) in [6, 6.07) is 4.19. The highest BCUT2D eigenvalue weighted by Gasteiger charge is 2.43. The van der Waals surface area contributed by atoms with Crippen molar-refractivity contribution in [3.8, 4) is 0 Å². The van der Waals surface area contributed by atoms with Crippen LogP contribution in [0.1, 0.15) is 62.7 Å². The number of aliphatic hydroxyl groups is 2. The van der Waals surface area contributed by atoms with Crippen molar-refractivity contribution in [2.75, 3.05) is 0 Å². The predicted molar refractivity (Wildman–Crippen MR) is 122 cm³/mol. The molecule has 0 aliphatic heterocycles. The molecule has 1 aromatic heterocycles. The SMILES string of the molecule is O=C(O)CCCC=CC[C@H]1C(=O)C[C@@H](O)[C@@H]1C=CCC(O)C1(Cc2cccs2)CCC1. The minimum absolute atomic E-state index is 0.0443. The second-order valence-corrected chi connectivity index (χ2v) is 10.1. The van der Waals surface area contributed by atoms with E-state index in [0.717, 1.165) is 25.7 Å². The Morgan fingerprint density at radius 3 is 2.74 bits per heavy atom. The number of hydrogen-bond acceptors (Lipinski definition) is 5.